The van der Waals surface area contributed by atoms with Crippen LogP contribution in [0.15, 0.2) is 24.1 Å². The quantitative estimate of drug-likeness (QED) is 0.304. The third-order valence-corrected chi connectivity index (χ3v) is 3.62. The smallest absolute Gasteiger partial charge is 0.117 e. The molecular weight excluding hydrogens is 236 g/mol. The Morgan fingerprint density at radius 2 is 2.21 bits per heavy atom. The molecule has 0 radical (unpaired) electrons. The van der Waals surface area contributed by atoms with E-state index in [4.69, 9.17) is 4.74 Å². The van der Waals surface area contributed by atoms with Crippen molar-refractivity contribution in [2.45, 2.75) is 52.9 Å². The number of hydrazine groups is 1. The van der Waals surface area contributed by atoms with Gasteiger partial charge in [0.25, 0.3) is 0 Å². The minimum atomic E-state index is 0.733. The Labute approximate surface area is 118 Å². The molecule has 1 unspecified atom stereocenters. The number of allylic oxidation sites excluding steroid dienone is 2. The van der Waals surface area contributed by atoms with Gasteiger partial charge in [0.05, 0.1) is 12.8 Å². The van der Waals surface area contributed by atoms with Gasteiger partial charge in [-0.05, 0) is 31.6 Å². The molecule has 0 amide bonds. The molecule has 0 saturated heterocycles. The maximum absolute atomic E-state index is 5.99. The molecular formula is C16H30N2O. The van der Waals surface area contributed by atoms with Crippen molar-refractivity contribution in [2.24, 2.45) is 11.8 Å². The Morgan fingerprint density at radius 1 is 1.37 bits per heavy atom. The molecule has 1 saturated carbocycles. The molecule has 0 bridgehead atoms. The summed E-state index contributed by atoms with van der Waals surface area (Å²) in [5.41, 5.74) is 6.14. The molecule has 1 aliphatic carbocycles. The molecule has 0 spiro atoms. The van der Waals surface area contributed by atoms with Crippen LogP contribution >= 0.6 is 0 Å². The van der Waals surface area contributed by atoms with Crippen molar-refractivity contribution in [2.75, 3.05) is 13.2 Å². The lowest BCUT2D eigenvalue weighted by Gasteiger charge is -2.27. The molecule has 1 rings (SSSR count). The molecule has 1 fully saturated rings. The molecule has 110 valence electrons. The van der Waals surface area contributed by atoms with Gasteiger partial charge in [-0.25, -0.2) is 5.43 Å². The molecule has 3 nitrogen and oxygen atoms in total. The summed E-state index contributed by atoms with van der Waals surface area (Å²) in [5.74, 6) is 2.61. The Morgan fingerprint density at radius 3 is 2.89 bits per heavy atom. The second kappa shape index (κ2) is 9.90. The Kier molecular flexibility index (Phi) is 8.39. The summed E-state index contributed by atoms with van der Waals surface area (Å²) in [6.07, 6.45) is 12.4. The Balaban J connectivity index is 2.36. The van der Waals surface area contributed by atoms with E-state index in [0.717, 1.165) is 37.2 Å². The van der Waals surface area contributed by atoms with E-state index in [2.05, 4.69) is 36.9 Å². The SMILES string of the molecule is C/C=C\C/C(=C\NNCC)OC[C@H]1CCCC(C)C1. The van der Waals surface area contributed by atoms with Crippen LogP contribution in [0.2, 0.25) is 0 Å². The van der Waals surface area contributed by atoms with Crippen LogP contribution < -0.4 is 10.9 Å². The molecule has 0 aromatic heterocycles. The number of ether oxygens (including phenoxy) is 1. The highest BCUT2D eigenvalue weighted by Gasteiger charge is 2.19. The van der Waals surface area contributed by atoms with Gasteiger partial charge in [-0.3, -0.25) is 0 Å². The number of nitrogens with one attached hydrogen (secondary N) is 2. The first-order chi connectivity index (χ1) is 9.26. The van der Waals surface area contributed by atoms with E-state index in [1.165, 1.54) is 25.7 Å². The van der Waals surface area contributed by atoms with Gasteiger partial charge in [-0.2, -0.15) is 0 Å². The molecule has 0 heterocycles. The fourth-order valence-corrected chi connectivity index (χ4v) is 2.56. The lowest BCUT2D eigenvalue weighted by atomic mass is 9.83. The topological polar surface area (TPSA) is 33.3 Å². The molecule has 0 aromatic carbocycles. The molecule has 0 aliphatic heterocycles. The summed E-state index contributed by atoms with van der Waals surface area (Å²) in [5, 5.41) is 0. The van der Waals surface area contributed by atoms with Crippen molar-refractivity contribution in [3.05, 3.63) is 24.1 Å². The van der Waals surface area contributed by atoms with Crippen molar-refractivity contribution in [3.63, 3.8) is 0 Å². The van der Waals surface area contributed by atoms with Gasteiger partial charge in [0, 0.05) is 13.0 Å². The highest BCUT2D eigenvalue weighted by Crippen LogP contribution is 2.29. The standard InChI is InChI=1S/C16H30N2O/c1-4-6-10-16(12-18-17-5-2)19-13-15-9-7-8-14(3)11-15/h4,6,12,14-15,17-18H,5,7-11,13H2,1-3H3/b6-4-,16-12+/t14?,15-/m0/s1. The minimum absolute atomic E-state index is 0.733. The molecule has 19 heavy (non-hydrogen) atoms. The summed E-state index contributed by atoms with van der Waals surface area (Å²) in [6.45, 7) is 8.22. The normalized spacial score (nSPS) is 24.7. The van der Waals surface area contributed by atoms with Crippen LogP contribution in [0.3, 0.4) is 0 Å². The average Bonchev–Trinajstić information content (AvgIpc) is 2.41. The second-order valence-electron chi connectivity index (χ2n) is 5.51. The first-order valence-electron chi connectivity index (χ1n) is 7.67. The fourth-order valence-electron chi connectivity index (χ4n) is 2.56. The van der Waals surface area contributed by atoms with Gasteiger partial charge >= 0.3 is 0 Å². The largest absolute Gasteiger partial charge is 0.496 e. The van der Waals surface area contributed by atoms with E-state index in [1.54, 1.807) is 0 Å². The molecule has 2 atom stereocenters. The fraction of sp³-hybridized carbons (Fsp3) is 0.750. The van der Waals surface area contributed by atoms with E-state index in [0.29, 0.717) is 0 Å². The van der Waals surface area contributed by atoms with E-state index in [1.807, 2.05) is 13.1 Å². The first-order valence-corrected chi connectivity index (χ1v) is 7.67. The number of hydrogen-bond donors (Lipinski definition) is 2. The maximum Gasteiger partial charge on any atom is 0.117 e. The summed E-state index contributed by atoms with van der Waals surface area (Å²) < 4.78 is 5.99. The van der Waals surface area contributed by atoms with Crippen molar-refractivity contribution in [1.29, 1.82) is 0 Å². The summed E-state index contributed by atoms with van der Waals surface area (Å²) in [7, 11) is 0. The van der Waals surface area contributed by atoms with E-state index < -0.39 is 0 Å². The lowest BCUT2D eigenvalue weighted by molar-refractivity contribution is 0.123. The minimum Gasteiger partial charge on any atom is -0.496 e. The van der Waals surface area contributed by atoms with Crippen molar-refractivity contribution in [1.82, 2.24) is 10.9 Å². The van der Waals surface area contributed by atoms with Crippen molar-refractivity contribution in [3.8, 4) is 0 Å². The highest BCUT2D eigenvalue weighted by atomic mass is 16.5. The van der Waals surface area contributed by atoms with E-state index >= 15 is 0 Å². The molecule has 1 aliphatic rings. The van der Waals surface area contributed by atoms with Gasteiger partial charge in [-0.1, -0.05) is 38.8 Å². The van der Waals surface area contributed by atoms with E-state index in [9.17, 15) is 0 Å². The Bertz CT molecular complexity index is 286. The summed E-state index contributed by atoms with van der Waals surface area (Å²) >= 11 is 0. The van der Waals surface area contributed by atoms with E-state index in [-0.39, 0.29) is 0 Å². The zero-order chi connectivity index (χ0) is 13.9. The van der Waals surface area contributed by atoms with Gasteiger partial charge < -0.3 is 10.2 Å². The summed E-state index contributed by atoms with van der Waals surface area (Å²) in [6, 6.07) is 0. The second-order valence-corrected chi connectivity index (χ2v) is 5.51. The van der Waals surface area contributed by atoms with Gasteiger partial charge in [0.2, 0.25) is 0 Å². The predicted octanol–water partition coefficient (Wildman–Crippen LogP) is 3.75. The van der Waals surface area contributed by atoms with Gasteiger partial charge in [0.15, 0.2) is 0 Å². The van der Waals surface area contributed by atoms with Crippen LogP contribution in [0.25, 0.3) is 0 Å². The first kappa shape index (κ1) is 16.1. The van der Waals surface area contributed by atoms with Gasteiger partial charge in [-0.15, -0.1) is 0 Å². The average molecular weight is 266 g/mol. The third-order valence-electron chi connectivity index (χ3n) is 3.62. The zero-order valence-corrected chi connectivity index (χ0v) is 12.7. The third kappa shape index (κ3) is 7.26. The van der Waals surface area contributed by atoms with Crippen LogP contribution in [0.1, 0.15) is 52.9 Å². The monoisotopic (exact) mass is 266 g/mol. The number of rotatable bonds is 8. The van der Waals surface area contributed by atoms with Crippen molar-refractivity contribution < 1.29 is 4.74 Å². The van der Waals surface area contributed by atoms with Gasteiger partial charge in [0.1, 0.15) is 5.76 Å². The zero-order valence-electron chi connectivity index (χ0n) is 12.7. The molecule has 3 heteroatoms. The van der Waals surface area contributed by atoms with Crippen molar-refractivity contribution >= 4 is 0 Å². The maximum atomic E-state index is 5.99. The van der Waals surface area contributed by atoms with Crippen LogP contribution in [0.5, 0.6) is 0 Å². The number of hydrogen-bond acceptors (Lipinski definition) is 3. The summed E-state index contributed by atoms with van der Waals surface area (Å²) in [4.78, 5) is 0. The van der Waals surface area contributed by atoms with Crippen LogP contribution in [-0.4, -0.2) is 13.2 Å². The van der Waals surface area contributed by atoms with Crippen LogP contribution in [0.4, 0.5) is 0 Å². The molecule has 0 aromatic rings. The van der Waals surface area contributed by atoms with Crippen LogP contribution in [0, 0.1) is 11.8 Å². The lowest BCUT2D eigenvalue weighted by Crippen LogP contribution is -2.27. The highest BCUT2D eigenvalue weighted by molar-refractivity contribution is 4.99. The van der Waals surface area contributed by atoms with Crippen LogP contribution in [-0.2, 0) is 4.74 Å². The predicted molar refractivity (Wildman–Crippen MR) is 81.4 cm³/mol. The Hall–Kier alpha value is -0.960. The molecule has 2 N–H and O–H groups in total.